The molecule has 0 aliphatic rings. The van der Waals surface area contributed by atoms with Crippen LogP contribution in [0.1, 0.15) is 11.6 Å². The third-order valence-corrected chi connectivity index (χ3v) is 3.86. The summed E-state index contributed by atoms with van der Waals surface area (Å²) >= 11 is 0. The van der Waals surface area contributed by atoms with Gasteiger partial charge in [0.25, 0.3) is 5.91 Å². The third kappa shape index (κ3) is 2.65. The van der Waals surface area contributed by atoms with E-state index in [4.69, 9.17) is 0 Å². The third-order valence-electron chi connectivity index (χ3n) is 3.86. The number of fused-ring (bicyclic) bond motifs is 1. The standard InChI is InChI=1S/C18H15N5O/c24-18(21-15-8-7-14-12-19-22-16(14)11-15)17(23-10-4-9-20-23)13-5-2-1-3-6-13/h1-12,17H,(H,19,22)(H,21,24)/t17-/m0/s1. The highest BCUT2D eigenvalue weighted by Crippen LogP contribution is 2.22. The summed E-state index contributed by atoms with van der Waals surface area (Å²) in [6, 6.07) is 16.5. The molecule has 4 aromatic rings. The van der Waals surface area contributed by atoms with Gasteiger partial charge in [-0.15, -0.1) is 0 Å². The normalized spacial score (nSPS) is 12.2. The molecular weight excluding hydrogens is 302 g/mol. The van der Waals surface area contributed by atoms with Crippen LogP contribution in [0, 0.1) is 0 Å². The van der Waals surface area contributed by atoms with Crippen LogP contribution in [0.3, 0.4) is 0 Å². The lowest BCUT2D eigenvalue weighted by atomic mass is 10.1. The number of carbonyl (C=O) groups is 1. The molecule has 24 heavy (non-hydrogen) atoms. The fraction of sp³-hybridized carbons (Fsp3) is 0.0556. The maximum absolute atomic E-state index is 12.9. The molecule has 0 aliphatic heterocycles. The van der Waals surface area contributed by atoms with Crippen LogP contribution in [-0.2, 0) is 4.79 Å². The number of anilines is 1. The number of nitrogens with zero attached hydrogens (tertiary/aromatic N) is 3. The van der Waals surface area contributed by atoms with Gasteiger partial charge in [-0.1, -0.05) is 30.3 Å². The first kappa shape index (κ1) is 14.2. The predicted molar refractivity (Wildman–Crippen MR) is 91.5 cm³/mol. The van der Waals surface area contributed by atoms with Crippen LogP contribution in [0.25, 0.3) is 10.9 Å². The molecule has 0 fully saturated rings. The highest BCUT2D eigenvalue weighted by atomic mass is 16.2. The Kier molecular flexibility index (Phi) is 3.55. The molecule has 6 heteroatoms. The fourth-order valence-electron chi connectivity index (χ4n) is 2.72. The molecule has 0 saturated carbocycles. The Hall–Kier alpha value is -3.41. The van der Waals surface area contributed by atoms with Gasteiger partial charge in [0.2, 0.25) is 0 Å². The first-order valence-corrected chi connectivity index (χ1v) is 7.59. The van der Waals surface area contributed by atoms with Crippen molar-refractivity contribution in [2.24, 2.45) is 0 Å². The van der Waals surface area contributed by atoms with Gasteiger partial charge in [0.05, 0.1) is 11.7 Å². The molecule has 0 radical (unpaired) electrons. The smallest absolute Gasteiger partial charge is 0.253 e. The van der Waals surface area contributed by atoms with Gasteiger partial charge in [-0.2, -0.15) is 10.2 Å². The summed E-state index contributed by atoms with van der Waals surface area (Å²) in [6.07, 6.45) is 5.20. The maximum atomic E-state index is 12.9. The predicted octanol–water partition coefficient (Wildman–Crippen LogP) is 2.99. The van der Waals surface area contributed by atoms with Crippen molar-refractivity contribution in [1.29, 1.82) is 0 Å². The molecule has 2 aromatic heterocycles. The van der Waals surface area contributed by atoms with Crippen LogP contribution in [-0.4, -0.2) is 25.9 Å². The van der Waals surface area contributed by atoms with Crippen LogP contribution in [0.15, 0.2) is 73.2 Å². The molecule has 0 spiro atoms. The van der Waals surface area contributed by atoms with Gasteiger partial charge in [-0.25, -0.2) is 0 Å². The van der Waals surface area contributed by atoms with Gasteiger partial charge in [-0.3, -0.25) is 14.6 Å². The van der Waals surface area contributed by atoms with E-state index in [-0.39, 0.29) is 5.91 Å². The highest BCUT2D eigenvalue weighted by molar-refractivity contribution is 5.97. The monoisotopic (exact) mass is 317 g/mol. The largest absolute Gasteiger partial charge is 0.324 e. The van der Waals surface area contributed by atoms with Gasteiger partial charge in [0.15, 0.2) is 6.04 Å². The minimum absolute atomic E-state index is 0.149. The van der Waals surface area contributed by atoms with E-state index in [0.717, 1.165) is 16.5 Å². The summed E-state index contributed by atoms with van der Waals surface area (Å²) in [5, 5.41) is 15.1. The van der Waals surface area contributed by atoms with Crippen molar-refractivity contribution >= 4 is 22.5 Å². The van der Waals surface area contributed by atoms with Crippen molar-refractivity contribution in [3.05, 3.63) is 78.8 Å². The summed E-state index contributed by atoms with van der Waals surface area (Å²) in [6.45, 7) is 0. The molecule has 0 saturated heterocycles. The topological polar surface area (TPSA) is 75.6 Å². The minimum atomic E-state index is -0.529. The summed E-state index contributed by atoms with van der Waals surface area (Å²) in [4.78, 5) is 12.9. The van der Waals surface area contributed by atoms with Gasteiger partial charge in [0, 0.05) is 23.5 Å². The number of hydrogen-bond acceptors (Lipinski definition) is 3. The number of amides is 1. The van der Waals surface area contributed by atoms with Crippen LogP contribution < -0.4 is 5.32 Å². The van der Waals surface area contributed by atoms with E-state index < -0.39 is 6.04 Å². The average Bonchev–Trinajstić information content (AvgIpc) is 3.27. The zero-order chi connectivity index (χ0) is 16.4. The molecule has 1 amide bonds. The Morgan fingerprint density at radius 3 is 2.79 bits per heavy atom. The summed E-state index contributed by atoms with van der Waals surface area (Å²) in [7, 11) is 0. The van der Waals surface area contributed by atoms with E-state index in [1.54, 1.807) is 29.3 Å². The lowest BCUT2D eigenvalue weighted by Gasteiger charge is -2.18. The van der Waals surface area contributed by atoms with Gasteiger partial charge < -0.3 is 5.32 Å². The second-order valence-electron chi connectivity index (χ2n) is 5.46. The van der Waals surface area contributed by atoms with Crippen LogP contribution in [0.5, 0.6) is 0 Å². The number of aromatic amines is 1. The first-order chi connectivity index (χ1) is 11.8. The Balaban J connectivity index is 1.66. The number of rotatable bonds is 4. The van der Waals surface area contributed by atoms with Gasteiger partial charge >= 0.3 is 0 Å². The SMILES string of the molecule is O=C(Nc1ccc2cn[nH]c2c1)[C@H](c1ccccc1)n1cccn1. The Morgan fingerprint density at radius 1 is 1.12 bits per heavy atom. The van der Waals surface area contributed by atoms with E-state index in [9.17, 15) is 4.79 Å². The summed E-state index contributed by atoms with van der Waals surface area (Å²) < 4.78 is 1.65. The molecule has 118 valence electrons. The van der Waals surface area contributed by atoms with E-state index in [1.165, 1.54) is 0 Å². The summed E-state index contributed by atoms with van der Waals surface area (Å²) in [5.74, 6) is -0.149. The molecule has 1 atom stereocenters. The van der Waals surface area contributed by atoms with Crippen LogP contribution in [0.4, 0.5) is 5.69 Å². The Morgan fingerprint density at radius 2 is 2.00 bits per heavy atom. The van der Waals surface area contributed by atoms with Crippen molar-refractivity contribution in [2.75, 3.05) is 5.32 Å². The van der Waals surface area contributed by atoms with Crippen LogP contribution >= 0.6 is 0 Å². The van der Waals surface area contributed by atoms with Gasteiger partial charge in [0.1, 0.15) is 0 Å². The second kappa shape index (κ2) is 6.00. The fourth-order valence-corrected chi connectivity index (χ4v) is 2.72. The van der Waals surface area contributed by atoms with Crippen molar-refractivity contribution in [3.63, 3.8) is 0 Å². The molecule has 4 rings (SSSR count). The Labute approximate surface area is 138 Å². The van der Waals surface area contributed by atoms with Gasteiger partial charge in [-0.05, 0) is 29.8 Å². The van der Waals surface area contributed by atoms with E-state index in [2.05, 4.69) is 20.6 Å². The zero-order valence-corrected chi connectivity index (χ0v) is 12.8. The average molecular weight is 317 g/mol. The number of hydrogen-bond donors (Lipinski definition) is 2. The maximum Gasteiger partial charge on any atom is 0.253 e. The second-order valence-corrected chi connectivity index (χ2v) is 5.46. The number of aromatic nitrogens is 4. The molecular formula is C18H15N5O. The minimum Gasteiger partial charge on any atom is -0.324 e. The molecule has 0 aliphatic carbocycles. The quantitative estimate of drug-likeness (QED) is 0.607. The van der Waals surface area contributed by atoms with E-state index >= 15 is 0 Å². The van der Waals surface area contributed by atoms with E-state index in [0.29, 0.717) is 5.69 Å². The summed E-state index contributed by atoms with van der Waals surface area (Å²) in [5.41, 5.74) is 2.47. The number of nitrogens with one attached hydrogen (secondary N) is 2. The molecule has 2 heterocycles. The van der Waals surface area contributed by atoms with Crippen LogP contribution in [0.2, 0.25) is 0 Å². The molecule has 2 N–H and O–H groups in total. The van der Waals surface area contributed by atoms with Crippen molar-refractivity contribution in [1.82, 2.24) is 20.0 Å². The lowest BCUT2D eigenvalue weighted by molar-refractivity contribution is -0.118. The molecule has 0 unspecified atom stereocenters. The number of H-pyrrole nitrogens is 1. The molecule has 0 bridgehead atoms. The number of carbonyl (C=O) groups excluding carboxylic acids is 1. The molecule has 2 aromatic carbocycles. The number of benzene rings is 2. The highest BCUT2D eigenvalue weighted by Gasteiger charge is 2.23. The van der Waals surface area contributed by atoms with Crippen molar-refractivity contribution in [3.8, 4) is 0 Å². The van der Waals surface area contributed by atoms with Crippen molar-refractivity contribution in [2.45, 2.75) is 6.04 Å². The molecule has 6 nitrogen and oxygen atoms in total. The van der Waals surface area contributed by atoms with E-state index in [1.807, 2.05) is 48.5 Å². The first-order valence-electron chi connectivity index (χ1n) is 7.59. The van der Waals surface area contributed by atoms with Crippen molar-refractivity contribution < 1.29 is 4.79 Å². The lowest BCUT2D eigenvalue weighted by Crippen LogP contribution is -2.27. The Bertz CT molecular complexity index is 959. The zero-order valence-electron chi connectivity index (χ0n) is 12.8.